The zero-order valence-electron chi connectivity index (χ0n) is 20.8. The molecule has 2 aromatic heterocycles. The number of nitrogens with one attached hydrogen (secondary N) is 2. The zero-order valence-corrected chi connectivity index (χ0v) is 21.6. The van der Waals surface area contributed by atoms with Crippen molar-refractivity contribution in [3.05, 3.63) is 101 Å². The number of amides is 1. The Labute approximate surface area is 225 Å². The van der Waals surface area contributed by atoms with Crippen LogP contribution in [0.5, 0.6) is 5.75 Å². The second-order valence-corrected chi connectivity index (χ2v) is 9.03. The molecule has 4 aromatic rings. The van der Waals surface area contributed by atoms with E-state index < -0.39 is 0 Å². The molecule has 0 aliphatic carbocycles. The fourth-order valence-electron chi connectivity index (χ4n) is 3.65. The van der Waals surface area contributed by atoms with E-state index in [0.717, 1.165) is 5.69 Å². The van der Waals surface area contributed by atoms with Gasteiger partial charge in [0.05, 0.1) is 21.8 Å². The molecular formula is C28H25ClN6O3. The number of anilines is 3. The molecule has 0 radical (unpaired) electrons. The average molecular weight is 529 g/mol. The van der Waals surface area contributed by atoms with Crippen molar-refractivity contribution in [1.29, 1.82) is 5.26 Å². The highest BCUT2D eigenvalue weighted by Gasteiger charge is 2.17. The fourth-order valence-corrected chi connectivity index (χ4v) is 3.89. The quantitative estimate of drug-likeness (QED) is 0.182. The van der Waals surface area contributed by atoms with Crippen molar-refractivity contribution in [3.63, 3.8) is 0 Å². The normalized spacial score (nSPS) is 11.0. The smallest absolute Gasteiger partial charge is 0.248 e. The molecule has 10 heteroatoms. The molecule has 2 aromatic carbocycles. The molecule has 0 saturated carbocycles. The predicted molar refractivity (Wildman–Crippen MR) is 147 cm³/mol. The number of nitrogens with zero attached hydrogens (tertiary/aromatic N) is 4. The SMILES string of the molecule is CN(C)C/C=C/C(=O)Nc1ccc2c(c1)c(Nc1ccc(OCc3ccccn3)c(Cl)c1)c(C#N)c[n+]2[O-]. The number of fused-ring (bicyclic) bond motifs is 1. The first-order valence-corrected chi connectivity index (χ1v) is 12.0. The van der Waals surface area contributed by atoms with Crippen LogP contribution in [0.4, 0.5) is 17.1 Å². The molecule has 0 aliphatic heterocycles. The third-order valence-electron chi connectivity index (χ3n) is 5.45. The van der Waals surface area contributed by atoms with Gasteiger partial charge < -0.3 is 25.5 Å². The molecule has 2 heterocycles. The average Bonchev–Trinajstić information content (AvgIpc) is 2.90. The maximum atomic E-state index is 12.6. The molecule has 0 aliphatic rings. The van der Waals surface area contributed by atoms with Crippen molar-refractivity contribution < 1.29 is 14.3 Å². The number of rotatable bonds is 9. The Morgan fingerprint density at radius 1 is 1.21 bits per heavy atom. The van der Waals surface area contributed by atoms with E-state index in [4.69, 9.17) is 16.3 Å². The monoisotopic (exact) mass is 528 g/mol. The highest BCUT2D eigenvalue weighted by atomic mass is 35.5. The molecule has 4 rings (SSSR count). The van der Waals surface area contributed by atoms with Gasteiger partial charge in [0.1, 0.15) is 24.0 Å². The van der Waals surface area contributed by atoms with E-state index >= 15 is 0 Å². The van der Waals surface area contributed by atoms with Gasteiger partial charge in [-0.3, -0.25) is 9.78 Å². The van der Waals surface area contributed by atoms with Crippen molar-refractivity contribution >= 4 is 45.5 Å². The molecule has 0 unspecified atom stereocenters. The number of carbonyl (C=O) groups is 1. The van der Waals surface area contributed by atoms with Crippen LogP contribution in [0.2, 0.25) is 5.02 Å². The number of ether oxygens (including phenoxy) is 1. The lowest BCUT2D eigenvalue weighted by Gasteiger charge is -2.14. The molecule has 0 atom stereocenters. The number of pyridine rings is 2. The van der Waals surface area contributed by atoms with Crippen LogP contribution in [0.3, 0.4) is 0 Å². The second kappa shape index (κ2) is 12.1. The van der Waals surface area contributed by atoms with Crippen LogP contribution in [0.1, 0.15) is 11.3 Å². The van der Waals surface area contributed by atoms with Gasteiger partial charge in [0.25, 0.3) is 0 Å². The summed E-state index contributed by atoms with van der Waals surface area (Å²) in [7, 11) is 3.81. The molecule has 9 nitrogen and oxygen atoms in total. The van der Waals surface area contributed by atoms with Crippen LogP contribution < -0.4 is 20.1 Å². The van der Waals surface area contributed by atoms with Crippen LogP contribution in [0.15, 0.2) is 79.1 Å². The fraction of sp³-hybridized carbons (Fsp3) is 0.143. The van der Waals surface area contributed by atoms with E-state index in [0.29, 0.717) is 50.0 Å². The topological polar surface area (TPSA) is 117 Å². The summed E-state index contributed by atoms with van der Waals surface area (Å²) in [6.45, 7) is 0.883. The van der Waals surface area contributed by atoms with Gasteiger partial charge in [0, 0.05) is 36.3 Å². The van der Waals surface area contributed by atoms with Crippen LogP contribution in [-0.2, 0) is 11.4 Å². The van der Waals surface area contributed by atoms with Gasteiger partial charge >= 0.3 is 0 Å². The summed E-state index contributed by atoms with van der Waals surface area (Å²) in [6, 6.07) is 17.6. The molecule has 0 spiro atoms. The van der Waals surface area contributed by atoms with Crippen molar-refractivity contribution in [2.24, 2.45) is 0 Å². The second-order valence-electron chi connectivity index (χ2n) is 8.62. The first-order chi connectivity index (χ1) is 18.3. The maximum absolute atomic E-state index is 12.6. The van der Waals surface area contributed by atoms with E-state index in [9.17, 15) is 15.3 Å². The van der Waals surface area contributed by atoms with E-state index in [-0.39, 0.29) is 18.1 Å². The summed E-state index contributed by atoms with van der Waals surface area (Å²) in [4.78, 5) is 18.5. The zero-order chi connectivity index (χ0) is 27.1. The Balaban J connectivity index is 1.60. The van der Waals surface area contributed by atoms with Gasteiger partial charge in [-0.05, 0) is 56.6 Å². The Hall–Kier alpha value is -4.65. The molecule has 0 bridgehead atoms. The summed E-state index contributed by atoms with van der Waals surface area (Å²) in [5, 5.41) is 29.1. The number of carbonyl (C=O) groups excluding carboxylic acids is 1. The third kappa shape index (κ3) is 6.56. The lowest BCUT2D eigenvalue weighted by molar-refractivity contribution is -0.577. The minimum Gasteiger partial charge on any atom is -0.618 e. The van der Waals surface area contributed by atoms with Crippen LogP contribution in [0.25, 0.3) is 10.9 Å². The Bertz CT molecular complexity index is 1530. The number of nitriles is 1. The van der Waals surface area contributed by atoms with Gasteiger partial charge in [-0.15, -0.1) is 0 Å². The van der Waals surface area contributed by atoms with E-state index in [1.807, 2.05) is 37.2 Å². The van der Waals surface area contributed by atoms with Gasteiger partial charge in [-0.25, -0.2) is 0 Å². The molecular weight excluding hydrogens is 504 g/mol. The van der Waals surface area contributed by atoms with Gasteiger partial charge in [-0.2, -0.15) is 9.99 Å². The number of benzene rings is 2. The Kier molecular flexibility index (Phi) is 8.38. The van der Waals surface area contributed by atoms with Crippen molar-refractivity contribution in [1.82, 2.24) is 9.88 Å². The summed E-state index contributed by atoms with van der Waals surface area (Å²) >= 11 is 6.46. The number of halogens is 1. The van der Waals surface area contributed by atoms with Gasteiger partial charge in [-0.1, -0.05) is 23.7 Å². The maximum Gasteiger partial charge on any atom is 0.248 e. The first-order valence-electron chi connectivity index (χ1n) is 11.7. The molecule has 1 amide bonds. The lowest BCUT2D eigenvalue weighted by atomic mass is 10.1. The molecule has 192 valence electrons. The summed E-state index contributed by atoms with van der Waals surface area (Å²) in [5.41, 5.74) is 2.70. The summed E-state index contributed by atoms with van der Waals surface area (Å²) in [5.74, 6) is 0.172. The van der Waals surface area contributed by atoms with Crippen LogP contribution in [0, 0.1) is 16.5 Å². The first kappa shape index (κ1) is 26.4. The number of hydrogen-bond acceptors (Lipinski definition) is 7. The van der Waals surface area contributed by atoms with Gasteiger partial charge in [0.2, 0.25) is 17.6 Å². The highest BCUT2D eigenvalue weighted by Crippen LogP contribution is 2.33. The standard InChI is InChI=1S/C28H25ClN6O3/c1-34(2)13-5-7-27(36)32-20-8-10-25-23(14-20)28(19(16-30)17-35(25)37)33-21-9-11-26(24(29)15-21)38-18-22-6-3-4-12-31-22/h3-12,14-15,17,33H,13,18H2,1-2H3,(H,32,36)/b7-5+. The third-order valence-corrected chi connectivity index (χ3v) is 5.75. The van der Waals surface area contributed by atoms with Crippen LogP contribution in [-0.4, -0.2) is 36.4 Å². The molecule has 2 N–H and O–H groups in total. The van der Waals surface area contributed by atoms with E-state index in [1.54, 1.807) is 48.7 Å². The van der Waals surface area contributed by atoms with Gasteiger partial charge in [0.15, 0.2) is 0 Å². The minimum absolute atomic E-state index is 0.133. The number of aromatic nitrogens is 2. The number of likely N-dealkylation sites (N-methyl/N-ethyl adjacent to an activating group) is 1. The van der Waals surface area contributed by atoms with Crippen molar-refractivity contribution in [3.8, 4) is 11.8 Å². The highest BCUT2D eigenvalue weighted by molar-refractivity contribution is 6.32. The number of hydrogen-bond donors (Lipinski definition) is 2. The summed E-state index contributed by atoms with van der Waals surface area (Å²) < 4.78 is 6.41. The van der Waals surface area contributed by atoms with E-state index in [2.05, 4.69) is 21.7 Å². The lowest BCUT2D eigenvalue weighted by Crippen LogP contribution is -2.27. The van der Waals surface area contributed by atoms with E-state index in [1.165, 1.54) is 12.3 Å². The van der Waals surface area contributed by atoms with Crippen LogP contribution >= 0.6 is 11.6 Å². The molecule has 0 fully saturated rings. The Morgan fingerprint density at radius 3 is 2.74 bits per heavy atom. The largest absolute Gasteiger partial charge is 0.618 e. The predicted octanol–water partition coefficient (Wildman–Crippen LogP) is 4.77. The van der Waals surface area contributed by atoms with Crippen molar-refractivity contribution in [2.45, 2.75) is 6.61 Å². The Morgan fingerprint density at radius 2 is 2.03 bits per heavy atom. The molecule has 0 saturated heterocycles. The minimum atomic E-state index is -0.305. The van der Waals surface area contributed by atoms with Crippen molar-refractivity contribution in [2.75, 3.05) is 31.3 Å². The molecule has 38 heavy (non-hydrogen) atoms. The summed E-state index contributed by atoms with van der Waals surface area (Å²) in [6.07, 6.45) is 6.09.